The van der Waals surface area contributed by atoms with Gasteiger partial charge in [0, 0.05) is 26.1 Å². The molecule has 0 heterocycles. The summed E-state index contributed by atoms with van der Waals surface area (Å²) in [5.74, 6) is -0.525. The van der Waals surface area contributed by atoms with Gasteiger partial charge < -0.3 is 11.1 Å². The van der Waals surface area contributed by atoms with Crippen molar-refractivity contribution in [1.82, 2.24) is 4.72 Å². The lowest BCUT2D eigenvalue weighted by Gasteiger charge is -2.08. The number of nitrogens with zero attached hydrogens (tertiary/aromatic N) is 1. The van der Waals surface area contributed by atoms with Gasteiger partial charge in [0.05, 0.1) is 9.82 Å². The monoisotopic (exact) mass is 316 g/mol. The van der Waals surface area contributed by atoms with E-state index in [1.54, 1.807) is 0 Å². The molecule has 0 aromatic heterocycles. The first-order chi connectivity index (χ1) is 9.77. The molecule has 0 bridgehead atoms. The Labute approximate surface area is 121 Å². The predicted octanol–water partition coefficient (Wildman–Crippen LogP) is 0.180. The lowest BCUT2D eigenvalue weighted by molar-refractivity contribution is -0.384. The molecule has 1 aromatic carbocycles. The number of anilines is 1. The van der Waals surface area contributed by atoms with Gasteiger partial charge in [-0.3, -0.25) is 14.9 Å². The molecule has 0 aliphatic heterocycles. The van der Waals surface area contributed by atoms with Gasteiger partial charge >= 0.3 is 0 Å². The summed E-state index contributed by atoms with van der Waals surface area (Å²) in [4.78, 5) is 20.6. The molecule has 4 N–H and O–H groups in total. The van der Waals surface area contributed by atoms with Crippen LogP contribution in [0.15, 0.2) is 23.1 Å². The van der Waals surface area contributed by atoms with Crippen molar-refractivity contribution in [1.29, 1.82) is 0 Å². The van der Waals surface area contributed by atoms with E-state index >= 15 is 0 Å². The summed E-state index contributed by atoms with van der Waals surface area (Å²) >= 11 is 0. The zero-order valence-electron chi connectivity index (χ0n) is 11.3. The van der Waals surface area contributed by atoms with Crippen LogP contribution in [0.2, 0.25) is 0 Å². The summed E-state index contributed by atoms with van der Waals surface area (Å²) in [7, 11) is -2.37. The number of hydrogen-bond donors (Lipinski definition) is 3. The largest absolute Gasteiger partial charge is 0.383 e. The van der Waals surface area contributed by atoms with Crippen LogP contribution >= 0.6 is 0 Å². The van der Waals surface area contributed by atoms with E-state index in [4.69, 9.17) is 5.73 Å². The molecule has 1 aromatic rings. The number of benzene rings is 1. The second kappa shape index (κ2) is 6.99. The number of primary amides is 1. The SMILES string of the molecule is CNc1ccc(S(=O)(=O)NCCCC(N)=O)cc1[N+](=O)[O-]. The molecule has 0 spiro atoms. The Kier molecular flexibility index (Phi) is 5.61. The molecule has 1 amide bonds. The van der Waals surface area contributed by atoms with Crippen molar-refractivity contribution in [3.8, 4) is 0 Å². The highest BCUT2D eigenvalue weighted by molar-refractivity contribution is 7.89. The number of carbonyl (C=O) groups excluding carboxylic acids is 1. The fourth-order valence-electron chi connectivity index (χ4n) is 1.59. The van der Waals surface area contributed by atoms with Gasteiger partial charge in [0.25, 0.3) is 5.69 Å². The molecular weight excluding hydrogens is 300 g/mol. The van der Waals surface area contributed by atoms with Crippen LogP contribution in [-0.2, 0) is 14.8 Å². The van der Waals surface area contributed by atoms with E-state index in [-0.39, 0.29) is 35.7 Å². The molecule has 0 fully saturated rings. The topological polar surface area (TPSA) is 144 Å². The van der Waals surface area contributed by atoms with Crippen molar-refractivity contribution in [3.63, 3.8) is 0 Å². The average molecular weight is 316 g/mol. The maximum absolute atomic E-state index is 12.0. The molecule has 10 heteroatoms. The van der Waals surface area contributed by atoms with E-state index in [1.165, 1.54) is 19.2 Å². The summed E-state index contributed by atoms with van der Waals surface area (Å²) in [6.07, 6.45) is 0.312. The molecule has 21 heavy (non-hydrogen) atoms. The normalized spacial score (nSPS) is 11.1. The number of nitro groups is 1. The third-order valence-electron chi connectivity index (χ3n) is 2.64. The first kappa shape index (κ1) is 16.9. The van der Waals surface area contributed by atoms with Gasteiger partial charge in [-0.2, -0.15) is 0 Å². The van der Waals surface area contributed by atoms with Crippen LogP contribution in [0.25, 0.3) is 0 Å². The van der Waals surface area contributed by atoms with Crippen molar-refractivity contribution in [3.05, 3.63) is 28.3 Å². The molecule has 0 saturated carbocycles. The van der Waals surface area contributed by atoms with Gasteiger partial charge in [0.1, 0.15) is 5.69 Å². The average Bonchev–Trinajstić information content (AvgIpc) is 2.42. The molecule has 0 radical (unpaired) electrons. The maximum Gasteiger partial charge on any atom is 0.293 e. The Hall–Kier alpha value is -2.20. The first-order valence-electron chi connectivity index (χ1n) is 6.02. The molecule has 0 aliphatic rings. The molecule has 116 valence electrons. The van der Waals surface area contributed by atoms with E-state index in [2.05, 4.69) is 10.0 Å². The lowest BCUT2D eigenvalue weighted by Crippen LogP contribution is -2.26. The minimum Gasteiger partial charge on any atom is -0.383 e. The number of nitrogens with two attached hydrogens (primary N) is 1. The van der Waals surface area contributed by atoms with E-state index in [1.807, 2.05) is 0 Å². The summed E-state index contributed by atoms with van der Waals surface area (Å²) in [6.45, 7) is 0.0207. The van der Waals surface area contributed by atoms with Gasteiger partial charge in [-0.25, -0.2) is 13.1 Å². The Balaban J connectivity index is 2.90. The number of sulfonamides is 1. The third-order valence-corrected chi connectivity index (χ3v) is 4.10. The van der Waals surface area contributed by atoms with E-state index < -0.39 is 20.9 Å². The smallest absolute Gasteiger partial charge is 0.293 e. The molecular formula is C11H16N4O5S. The van der Waals surface area contributed by atoms with Crippen LogP contribution in [0.4, 0.5) is 11.4 Å². The van der Waals surface area contributed by atoms with Crippen LogP contribution < -0.4 is 15.8 Å². The summed E-state index contributed by atoms with van der Waals surface area (Å²) < 4.78 is 26.2. The number of hydrogen-bond acceptors (Lipinski definition) is 6. The van der Waals surface area contributed by atoms with Crippen molar-refractivity contribution in [2.45, 2.75) is 17.7 Å². The Morgan fingerprint density at radius 1 is 1.43 bits per heavy atom. The van der Waals surface area contributed by atoms with E-state index in [9.17, 15) is 23.3 Å². The zero-order valence-corrected chi connectivity index (χ0v) is 12.1. The second-order valence-corrected chi connectivity index (χ2v) is 5.92. The fourth-order valence-corrected chi connectivity index (χ4v) is 2.69. The zero-order chi connectivity index (χ0) is 16.0. The van der Waals surface area contributed by atoms with Crippen molar-refractivity contribution >= 4 is 27.3 Å². The van der Waals surface area contributed by atoms with Crippen LogP contribution in [0.1, 0.15) is 12.8 Å². The number of rotatable bonds is 8. The van der Waals surface area contributed by atoms with Crippen LogP contribution in [0, 0.1) is 10.1 Å². The molecule has 0 atom stereocenters. The number of nitrogens with one attached hydrogen (secondary N) is 2. The van der Waals surface area contributed by atoms with Crippen molar-refractivity contribution in [2.75, 3.05) is 18.9 Å². The minimum absolute atomic E-state index is 0.0207. The number of amides is 1. The standard InChI is InChI=1S/C11H16N4O5S/c1-13-9-5-4-8(7-10(9)15(17)18)21(19,20)14-6-2-3-11(12)16/h4-5,7,13-14H,2-3,6H2,1H3,(H2,12,16). The summed E-state index contributed by atoms with van der Waals surface area (Å²) in [5, 5.41) is 13.5. The van der Waals surface area contributed by atoms with Crippen LogP contribution in [0.3, 0.4) is 0 Å². The van der Waals surface area contributed by atoms with E-state index in [0.717, 1.165) is 6.07 Å². The van der Waals surface area contributed by atoms with Gasteiger partial charge in [-0.1, -0.05) is 0 Å². The highest BCUT2D eigenvalue weighted by Gasteiger charge is 2.20. The second-order valence-electron chi connectivity index (χ2n) is 4.15. The highest BCUT2D eigenvalue weighted by Crippen LogP contribution is 2.26. The lowest BCUT2D eigenvalue weighted by atomic mass is 10.3. The Morgan fingerprint density at radius 2 is 2.10 bits per heavy atom. The number of carbonyl (C=O) groups is 1. The van der Waals surface area contributed by atoms with Crippen molar-refractivity contribution in [2.24, 2.45) is 5.73 Å². The fraction of sp³-hybridized carbons (Fsp3) is 0.364. The molecule has 9 nitrogen and oxygen atoms in total. The summed E-state index contributed by atoms with van der Waals surface area (Å²) in [5.41, 5.74) is 4.82. The first-order valence-corrected chi connectivity index (χ1v) is 7.50. The van der Waals surface area contributed by atoms with Crippen molar-refractivity contribution < 1.29 is 18.1 Å². The van der Waals surface area contributed by atoms with Crippen LogP contribution in [0.5, 0.6) is 0 Å². The molecule has 0 aliphatic carbocycles. The van der Waals surface area contributed by atoms with Gasteiger partial charge in [0.2, 0.25) is 15.9 Å². The van der Waals surface area contributed by atoms with E-state index in [0.29, 0.717) is 0 Å². The predicted molar refractivity (Wildman–Crippen MR) is 76.3 cm³/mol. The Morgan fingerprint density at radius 3 is 2.62 bits per heavy atom. The van der Waals surface area contributed by atoms with Gasteiger partial charge in [-0.05, 0) is 18.6 Å². The minimum atomic E-state index is -3.87. The Bertz CT molecular complexity index is 644. The quantitative estimate of drug-likeness (QED) is 0.354. The number of nitro benzene ring substituents is 1. The molecule has 0 saturated heterocycles. The third kappa shape index (κ3) is 4.68. The summed E-state index contributed by atoms with van der Waals surface area (Å²) in [6, 6.07) is 3.55. The molecule has 0 unspecified atom stereocenters. The van der Waals surface area contributed by atoms with Gasteiger partial charge in [0.15, 0.2) is 0 Å². The van der Waals surface area contributed by atoms with Gasteiger partial charge in [-0.15, -0.1) is 0 Å². The highest BCUT2D eigenvalue weighted by atomic mass is 32.2. The maximum atomic E-state index is 12.0. The van der Waals surface area contributed by atoms with Crippen LogP contribution in [-0.4, -0.2) is 32.8 Å². The molecule has 1 rings (SSSR count).